The maximum absolute atomic E-state index is 12.5. The molecule has 0 spiro atoms. The summed E-state index contributed by atoms with van der Waals surface area (Å²) in [5, 5.41) is 1.87. The van der Waals surface area contributed by atoms with Gasteiger partial charge in [0.25, 0.3) is 0 Å². The predicted octanol–water partition coefficient (Wildman–Crippen LogP) is 3.51. The minimum atomic E-state index is 0. The maximum atomic E-state index is 12.5. The lowest BCUT2D eigenvalue weighted by Crippen LogP contribution is -2.32. The van der Waals surface area contributed by atoms with Crippen molar-refractivity contribution in [3.05, 3.63) is 58.3 Å². The molecule has 0 atom stereocenters. The van der Waals surface area contributed by atoms with Crippen LogP contribution in [0.15, 0.2) is 47.8 Å². The van der Waals surface area contributed by atoms with Gasteiger partial charge in [0.2, 0.25) is 5.91 Å². The number of Topliss-reactive ketones (excluding diaryl/α,β-unsaturated/α-hetero) is 1. The number of ketones is 1. The lowest BCUT2D eigenvalue weighted by atomic mass is 10.1. The minimum absolute atomic E-state index is 0. The van der Waals surface area contributed by atoms with E-state index in [0.29, 0.717) is 19.6 Å². The normalized spacial score (nSPS) is 10.0. The highest BCUT2D eigenvalue weighted by atomic mass is 35.5. The number of rotatable bonds is 9. The third-order valence-electron chi connectivity index (χ3n) is 3.56. The zero-order valence-electron chi connectivity index (χ0n) is 13.5. The van der Waals surface area contributed by atoms with Crippen LogP contribution in [-0.4, -0.2) is 29.7 Å². The molecule has 1 aromatic heterocycles. The van der Waals surface area contributed by atoms with Crippen molar-refractivity contribution in [1.82, 2.24) is 4.90 Å². The summed E-state index contributed by atoms with van der Waals surface area (Å²) in [5.41, 5.74) is 6.65. The fourth-order valence-corrected chi connectivity index (χ4v) is 3.01. The number of nitrogens with two attached hydrogens (primary N) is 1. The summed E-state index contributed by atoms with van der Waals surface area (Å²) in [6, 6.07) is 13.5. The van der Waals surface area contributed by atoms with Gasteiger partial charge < -0.3 is 10.6 Å². The largest absolute Gasteiger partial charge is 0.338 e. The molecule has 1 amide bonds. The van der Waals surface area contributed by atoms with Crippen LogP contribution in [0.1, 0.15) is 34.5 Å². The Morgan fingerprint density at radius 3 is 2.42 bits per heavy atom. The van der Waals surface area contributed by atoms with Crippen LogP contribution >= 0.6 is 23.7 Å². The fraction of sp³-hybridized carbons (Fsp3) is 0.333. The van der Waals surface area contributed by atoms with Gasteiger partial charge in [-0.1, -0.05) is 36.4 Å². The molecule has 4 nitrogen and oxygen atoms in total. The molecule has 0 saturated carbocycles. The topological polar surface area (TPSA) is 63.4 Å². The van der Waals surface area contributed by atoms with E-state index < -0.39 is 0 Å². The zero-order valence-corrected chi connectivity index (χ0v) is 15.2. The van der Waals surface area contributed by atoms with E-state index >= 15 is 0 Å². The van der Waals surface area contributed by atoms with Gasteiger partial charge in [-0.2, -0.15) is 0 Å². The third-order valence-corrected chi connectivity index (χ3v) is 4.47. The van der Waals surface area contributed by atoms with E-state index in [-0.39, 0.29) is 36.9 Å². The molecule has 0 aliphatic rings. The molecule has 2 aromatic rings. The van der Waals surface area contributed by atoms with Crippen LogP contribution in [0, 0.1) is 0 Å². The average molecular weight is 367 g/mol. The van der Waals surface area contributed by atoms with E-state index in [2.05, 4.69) is 0 Å². The Morgan fingerprint density at radius 1 is 1.04 bits per heavy atom. The highest BCUT2D eigenvalue weighted by Gasteiger charge is 2.16. The van der Waals surface area contributed by atoms with Crippen molar-refractivity contribution < 1.29 is 9.59 Å². The standard InChI is InChI=1S/C18H22N2O2S.ClH/c19-11-5-12-20(14-15-6-2-1-3-7-15)18(22)10-9-16(21)17-8-4-13-23-17;/h1-4,6-8,13H,5,9-12,14,19H2;1H. The molecule has 2 rings (SSSR count). The molecule has 0 bridgehead atoms. The van der Waals surface area contributed by atoms with E-state index in [1.54, 1.807) is 11.0 Å². The second-order valence-electron chi connectivity index (χ2n) is 5.34. The number of hydrogen-bond donors (Lipinski definition) is 1. The van der Waals surface area contributed by atoms with Gasteiger partial charge in [0.15, 0.2) is 5.78 Å². The fourth-order valence-electron chi connectivity index (χ4n) is 2.32. The van der Waals surface area contributed by atoms with Crippen molar-refractivity contribution in [3.63, 3.8) is 0 Å². The van der Waals surface area contributed by atoms with Gasteiger partial charge in [-0.3, -0.25) is 9.59 Å². The van der Waals surface area contributed by atoms with Gasteiger partial charge in [0, 0.05) is 25.9 Å². The van der Waals surface area contributed by atoms with Gasteiger partial charge in [-0.05, 0) is 30.0 Å². The van der Waals surface area contributed by atoms with E-state index in [1.807, 2.05) is 41.8 Å². The van der Waals surface area contributed by atoms with Crippen molar-refractivity contribution in [2.45, 2.75) is 25.8 Å². The van der Waals surface area contributed by atoms with E-state index in [1.165, 1.54) is 11.3 Å². The lowest BCUT2D eigenvalue weighted by molar-refractivity contribution is -0.131. The number of thiophene rings is 1. The molecule has 2 N–H and O–H groups in total. The van der Waals surface area contributed by atoms with Crippen molar-refractivity contribution in [3.8, 4) is 0 Å². The predicted molar refractivity (Wildman–Crippen MR) is 101 cm³/mol. The summed E-state index contributed by atoms with van der Waals surface area (Å²) in [6.45, 7) is 1.73. The number of nitrogens with zero attached hydrogens (tertiary/aromatic N) is 1. The molecule has 24 heavy (non-hydrogen) atoms. The van der Waals surface area contributed by atoms with Gasteiger partial charge in [-0.25, -0.2) is 0 Å². The smallest absolute Gasteiger partial charge is 0.223 e. The zero-order chi connectivity index (χ0) is 16.5. The van der Waals surface area contributed by atoms with Gasteiger partial charge in [-0.15, -0.1) is 23.7 Å². The molecule has 0 unspecified atom stereocenters. The highest BCUT2D eigenvalue weighted by molar-refractivity contribution is 7.12. The van der Waals surface area contributed by atoms with Gasteiger partial charge >= 0.3 is 0 Å². The van der Waals surface area contributed by atoms with Crippen molar-refractivity contribution in [1.29, 1.82) is 0 Å². The molecular formula is C18H23ClN2O2S. The molecule has 0 aliphatic carbocycles. The molecule has 0 radical (unpaired) electrons. The number of benzene rings is 1. The van der Waals surface area contributed by atoms with Crippen LogP contribution in [0.2, 0.25) is 0 Å². The van der Waals surface area contributed by atoms with E-state index in [9.17, 15) is 9.59 Å². The van der Waals surface area contributed by atoms with Crippen LogP contribution in [0.4, 0.5) is 0 Å². The molecule has 0 fully saturated rings. The van der Waals surface area contributed by atoms with Crippen molar-refractivity contribution in [2.75, 3.05) is 13.1 Å². The van der Waals surface area contributed by atoms with Crippen LogP contribution in [0.5, 0.6) is 0 Å². The highest BCUT2D eigenvalue weighted by Crippen LogP contribution is 2.14. The van der Waals surface area contributed by atoms with E-state index in [0.717, 1.165) is 16.9 Å². The van der Waals surface area contributed by atoms with Gasteiger partial charge in [0.1, 0.15) is 0 Å². The number of hydrogen-bond acceptors (Lipinski definition) is 4. The van der Waals surface area contributed by atoms with Crippen LogP contribution in [-0.2, 0) is 11.3 Å². The second kappa shape index (κ2) is 11.0. The van der Waals surface area contributed by atoms with Crippen LogP contribution < -0.4 is 5.73 Å². The summed E-state index contributed by atoms with van der Waals surface area (Å²) >= 11 is 1.42. The number of carbonyl (C=O) groups excluding carboxylic acids is 2. The Labute approximate surface area is 153 Å². The lowest BCUT2D eigenvalue weighted by Gasteiger charge is -2.22. The summed E-state index contributed by atoms with van der Waals surface area (Å²) in [6.07, 6.45) is 1.26. The first-order valence-corrected chi connectivity index (χ1v) is 8.67. The first kappa shape index (κ1) is 20.4. The Bertz CT molecular complexity index is 617. The number of carbonyl (C=O) groups is 2. The van der Waals surface area contributed by atoms with E-state index in [4.69, 9.17) is 5.73 Å². The Balaban J connectivity index is 0.00000288. The average Bonchev–Trinajstić information content (AvgIpc) is 3.11. The minimum Gasteiger partial charge on any atom is -0.338 e. The Morgan fingerprint density at radius 2 is 1.79 bits per heavy atom. The van der Waals surface area contributed by atoms with Gasteiger partial charge in [0.05, 0.1) is 4.88 Å². The first-order chi connectivity index (χ1) is 11.2. The maximum Gasteiger partial charge on any atom is 0.223 e. The summed E-state index contributed by atoms with van der Waals surface area (Å²) in [4.78, 5) is 27.0. The molecule has 130 valence electrons. The molecule has 0 aliphatic heterocycles. The molecule has 6 heteroatoms. The van der Waals surface area contributed by atoms with Crippen molar-refractivity contribution >= 4 is 35.4 Å². The Kier molecular flexibility index (Phi) is 9.30. The quantitative estimate of drug-likeness (QED) is 0.691. The molecule has 1 heterocycles. The third kappa shape index (κ3) is 6.43. The summed E-state index contributed by atoms with van der Waals surface area (Å²) < 4.78 is 0. The van der Waals surface area contributed by atoms with Crippen LogP contribution in [0.3, 0.4) is 0 Å². The summed E-state index contributed by atoms with van der Waals surface area (Å²) in [7, 11) is 0. The number of amides is 1. The SMILES string of the molecule is Cl.NCCCN(Cc1ccccc1)C(=O)CCC(=O)c1cccs1. The monoisotopic (exact) mass is 366 g/mol. The molecular weight excluding hydrogens is 344 g/mol. The first-order valence-electron chi connectivity index (χ1n) is 7.79. The molecule has 0 saturated heterocycles. The second-order valence-corrected chi connectivity index (χ2v) is 6.29. The van der Waals surface area contributed by atoms with Crippen molar-refractivity contribution in [2.24, 2.45) is 5.73 Å². The molecule has 1 aromatic carbocycles. The van der Waals surface area contributed by atoms with Crippen LogP contribution in [0.25, 0.3) is 0 Å². The Hall–Kier alpha value is -1.69. The summed E-state index contributed by atoms with van der Waals surface area (Å²) in [5.74, 6) is 0.0408. The number of halogens is 1.